The SMILES string of the molecule is CC(C)(C)OC(=O)NCc1cccc2c([B-](F)(F)F)cccc12. The number of alkyl carbamates (subject to hydrolysis) is 1. The van der Waals surface area contributed by atoms with E-state index >= 15 is 0 Å². The molecule has 2 rings (SSSR count). The average molecular weight is 324 g/mol. The molecule has 7 heteroatoms. The molecule has 0 aliphatic rings. The predicted octanol–water partition coefficient (Wildman–Crippen LogP) is 3.92. The molecule has 3 nitrogen and oxygen atoms in total. The number of hydrogen-bond donors (Lipinski definition) is 1. The van der Waals surface area contributed by atoms with Gasteiger partial charge >= 0.3 is 13.1 Å². The first-order valence-corrected chi connectivity index (χ1v) is 7.25. The van der Waals surface area contributed by atoms with Crippen LogP contribution >= 0.6 is 0 Å². The van der Waals surface area contributed by atoms with Gasteiger partial charge < -0.3 is 23.0 Å². The zero-order chi connectivity index (χ0) is 17.3. The summed E-state index contributed by atoms with van der Waals surface area (Å²) in [7, 11) is 0. The highest BCUT2D eigenvalue weighted by atomic mass is 19.4. The molecule has 2 aromatic rings. The number of benzene rings is 2. The van der Waals surface area contributed by atoms with Crippen LogP contribution in [-0.4, -0.2) is 18.7 Å². The summed E-state index contributed by atoms with van der Waals surface area (Å²) < 4.78 is 44.5. The summed E-state index contributed by atoms with van der Waals surface area (Å²) in [6.07, 6.45) is -0.606. The van der Waals surface area contributed by atoms with E-state index in [1.54, 1.807) is 39.0 Å². The molecule has 0 aliphatic carbocycles. The minimum absolute atomic E-state index is 0.0978. The number of nitrogens with one attached hydrogen (secondary N) is 1. The fraction of sp³-hybridized carbons (Fsp3) is 0.312. The lowest BCUT2D eigenvalue weighted by atomic mass is 9.76. The molecular weight excluding hydrogens is 306 g/mol. The Labute approximate surface area is 132 Å². The van der Waals surface area contributed by atoms with E-state index in [1.165, 1.54) is 12.1 Å². The zero-order valence-corrected chi connectivity index (χ0v) is 13.2. The number of halogens is 3. The van der Waals surface area contributed by atoms with E-state index in [9.17, 15) is 17.7 Å². The lowest BCUT2D eigenvalue weighted by Gasteiger charge is -2.21. The molecule has 23 heavy (non-hydrogen) atoms. The Kier molecular flexibility index (Phi) is 4.59. The quantitative estimate of drug-likeness (QED) is 0.869. The summed E-state index contributed by atoms with van der Waals surface area (Å²) in [5.74, 6) is 0. The fourth-order valence-electron chi connectivity index (χ4n) is 2.32. The second kappa shape index (κ2) is 6.14. The largest absolute Gasteiger partial charge is 0.510 e. The van der Waals surface area contributed by atoms with Crippen LogP contribution in [0.25, 0.3) is 10.8 Å². The second-order valence-corrected chi connectivity index (χ2v) is 6.29. The van der Waals surface area contributed by atoms with Gasteiger partial charge in [0.15, 0.2) is 0 Å². The van der Waals surface area contributed by atoms with E-state index in [0.717, 1.165) is 6.07 Å². The van der Waals surface area contributed by atoms with Crippen LogP contribution in [0.1, 0.15) is 26.3 Å². The van der Waals surface area contributed by atoms with Crippen molar-refractivity contribution < 1.29 is 22.5 Å². The Morgan fingerprint density at radius 1 is 1.09 bits per heavy atom. The molecule has 0 unspecified atom stereocenters. The number of fused-ring (bicyclic) bond motifs is 1. The monoisotopic (exact) mass is 324 g/mol. The molecule has 0 aromatic heterocycles. The first-order valence-electron chi connectivity index (χ1n) is 7.25. The van der Waals surface area contributed by atoms with Crippen molar-refractivity contribution in [1.29, 1.82) is 0 Å². The van der Waals surface area contributed by atoms with Crippen molar-refractivity contribution in [2.45, 2.75) is 32.9 Å². The van der Waals surface area contributed by atoms with Gasteiger partial charge in [-0.15, -0.1) is 5.46 Å². The van der Waals surface area contributed by atoms with Crippen LogP contribution < -0.4 is 10.8 Å². The molecule has 0 heterocycles. The third-order valence-corrected chi connectivity index (χ3v) is 3.22. The van der Waals surface area contributed by atoms with Gasteiger partial charge in [0.2, 0.25) is 0 Å². The Balaban J connectivity index is 2.28. The fourth-order valence-corrected chi connectivity index (χ4v) is 2.32. The van der Waals surface area contributed by atoms with E-state index in [-0.39, 0.29) is 11.9 Å². The average Bonchev–Trinajstić information content (AvgIpc) is 2.41. The Morgan fingerprint density at radius 2 is 1.70 bits per heavy atom. The first-order chi connectivity index (χ1) is 10.6. The smallest absolute Gasteiger partial charge is 0.445 e. The number of carbonyl (C=O) groups is 1. The highest BCUT2D eigenvalue weighted by Crippen LogP contribution is 2.21. The number of hydrogen-bond acceptors (Lipinski definition) is 2. The standard InChI is InChI=1S/C16H18BF3NO2/c1-16(2,3)23-15(22)21-10-11-6-4-8-13-12(11)7-5-9-14(13)17(18,19)20/h4-9H,10H2,1-3H3,(H,21,22)/q-1. The highest BCUT2D eigenvalue weighted by Gasteiger charge is 2.27. The third kappa shape index (κ3) is 4.40. The summed E-state index contributed by atoms with van der Waals surface area (Å²) in [6, 6.07) is 8.76. The van der Waals surface area contributed by atoms with Crippen LogP contribution in [-0.2, 0) is 11.3 Å². The molecule has 0 aliphatic heterocycles. The Hall–Kier alpha value is -2.18. The van der Waals surface area contributed by atoms with Crippen molar-refractivity contribution in [3.8, 4) is 0 Å². The van der Waals surface area contributed by atoms with Crippen LogP contribution in [0, 0.1) is 0 Å². The van der Waals surface area contributed by atoms with Crippen molar-refractivity contribution >= 4 is 29.3 Å². The summed E-state index contributed by atoms with van der Waals surface area (Å²) >= 11 is 0. The summed E-state index contributed by atoms with van der Waals surface area (Å²) in [5.41, 5.74) is -0.647. The molecule has 124 valence electrons. The van der Waals surface area contributed by atoms with Gasteiger partial charge in [0.1, 0.15) is 5.60 Å². The lowest BCUT2D eigenvalue weighted by Crippen LogP contribution is -2.34. The molecule has 0 spiro atoms. The second-order valence-electron chi connectivity index (χ2n) is 6.29. The first kappa shape index (κ1) is 17.2. The van der Waals surface area contributed by atoms with Gasteiger partial charge in [-0.1, -0.05) is 36.4 Å². The van der Waals surface area contributed by atoms with Crippen LogP contribution in [0.4, 0.5) is 17.7 Å². The van der Waals surface area contributed by atoms with Gasteiger partial charge in [-0.2, -0.15) is 0 Å². The van der Waals surface area contributed by atoms with Crippen LogP contribution in [0.3, 0.4) is 0 Å². The van der Waals surface area contributed by atoms with Crippen molar-refractivity contribution in [2.75, 3.05) is 0 Å². The maximum Gasteiger partial charge on any atom is 0.510 e. The number of ether oxygens (including phenoxy) is 1. The Morgan fingerprint density at radius 3 is 2.30 bits per heavy atom. The summed E-state index contributed by atoms with van der Waals surface area (Å²) in [4.78, 5) is 11.7. The van der Waals surface area contributed by atoms with Gasteiger partial charge in [0.25, 0.3) is 0 Å². The molecule has 0 bridgehead atoms. The van der Waals surface area contributed by atoms with E-state index in [2.05, 4.69) is 5.32 Å². The summed E-state index contributed by atoms with van der Waals surface area (Å²) in [5, 5.41) is 3.18. The van der Waals surface area contributed by atoms with Crippen LogP contribution in [0.2, 0.25) is 0 Å². The van der Waals surface area contributed by atoms with E-state index in [1.807, 2.05) is 0 Å². The molecular formula is C16H18BF3NO2-. The lowest BCUT2D eigenvalue weighted by molar-refractivity contribution is 0.0524. The molecule has 0 saturated carbocycles. The number of rotatable bonds is 3. The van der Waals surface area contributed by atoms with Crippen molar-refractivity contribution in [2.24, 2.45) is 0 Å². The van der Waals surface area contributed by atoms with Crippen molar-refractivity contribution in [3.63, 3.8) is 0 Å². The molecule has 2 aromatic carbocycles. The van der Waals surface area contributed by atoms with E-state index in [0.29, 0.717) is 10.9 Å². The predicted molar refractivity (Wildman–Crippen MR) is 85.7 cm³/mol. The van der Waals surface area contributed by atoms with Gasteiger partial charge in [0.05, 0.1) is 0 Å². The minimum Gasteiger partial charge on any atom is -0.445 e. The topological polar surface area (TPSA) is 38.3 Å². The minimum atomic E-state index is -5.09. The van der Waals surface area contributed by atoms with Crippen LogP contribution in [0.5, 0.6) is 0 Å². The van der Waals surface area contributed by atoms with E-state index in [4.69, 9.17) is 4.74 Å². The highest BCUT2D eigenvalue weighted by molar-refractivity contribution is 6.76. The molecule has 1 amide bonds. The molecule has 0 saturated heterocycles. The van der Waals surface area contributed by atoms with Gasteiger partial charge in [0, 0.05) is 6.54 Å². The normalized spacial score (nSPS) is 12.3. The number of amides is 1. The molecule has 1 N–H and O–H groups in total. The van der Waals surface area contributed by atoms with E-state index < -0.39 is 24.1 Å². The molecule has 0 radical (unpaired) electrons. The van der Waals surface area contributed by atoms with Crippen molar-refractivity contribution in [1.82, 2.24) is 5.32 Å². The molecule has 0 atom stereocenters. The zero-order valence-electron chi connectivity index (χ0n) is 13.2. The van der Waals surface area contributed by atoms with Crippen LogP contribution in [0.15, 0.2) is 36.4 Å². The maximum absolute atomic E-state index is 13.1. The Bertz CT molecular complexity index is 723. The van der Waals surface area contributed by atoms with Gasteiger partial charge in [-0.25, -0.2) is 4.79 Å². The number of carbonyl (C=O) groups excluding carboxylic acids is 1. The van der Waals surface area contributed by atoms with Gasteiger partial charge in [-0.05, 0) is 37.1 Å². The van der Waals surface area contributed by atoms with Crippen molar-refractivity contribution in [3.05, 3.63) is 42.0 Å². The maximum atomic E-state index is 13.1. The third-order valence-electron chi connectivity index (χ3n) is 3.22. The summed E-state index contributed by atoms with van der Waals surface area (Å²) in [6.45, 7) is 0.223. The molecule has 0 fully saturated rings. The van der Waals surface area contributed by atoms with Gasteiger partial charge in [-0.3, -0.25) is 0 Å².